The van der Waals surface area contributed by atoms with E-state index in [1.54, 1.807) is 11.3 Å². The van der Waals surface area contributed by atoms with Gasteiger partial charge in [-0.2, -0.15) is 0 Å². The number of hydrogen-bond acceptors (Lipinski definition) is 4. The lowest BCUT2D eigenvalue weighted by Gasteiger charge is -2.14. The molecule has 0 aliphatic carbocycles. The summed E-state index contributed by atoms with van der Waals surface area (Å²) in [5, 5.41) is 3.72. The smallest absolute Gasteiger partial charge is 0.148 e. The Morgan fingerprint density at radius 1 is 1.41 bits per heavy atom. The van der Waals surface area contributed by atoms with Gasteiger partial charge < -0.3 is 5.32 Å². The average molecular weight is 333 g/mol. The molecule has 0 aromatic carbocycles. The third kappa shape index (κ3) is 2.97. The van der Waals surface area contributed by atoms with Crippen LogP contribution in [0.4, 0.5) is 5.82 Å². The molecule has 0 fully saturated rings. The van der Waals surface area contributed by atoms with Crippen molar-refractivity contribution in [2.75, 3.05) is 5.32 Å². The number of anilines is 1. The molecule has 0 amide bonds. The molecule has 2 aromatic rings. The van der Waals surface area contributed by atoms with Crippen molar-refractivity contribution in [2.45, 2.75) is 19.9 Å². The number of hydrogen-bond donors (Lipinski definition) is 1. The Hall–Kier alpha value is -0.650. The Balaban J connectivity index is 2.18. The fourth-order valence-electron chi connectivity index (χ4n) is 1.41. The highest BCUT2D eigenvalue weighted by Crippen LogP contribution is 2.30. The predicted molar refractivity (Wildman–Crippen MR) is 75.8 cm³/mol. The second-order valence-corrected chi connectivity index (χ2v) is 6.11. The fraction of sp³-hybridized carbons (Fsp3) is 0.273. The first-order valence-corrected chi connectivity index (χ1v) is 7.05. The van der Waals surface area contributed by atoms with E-state index in [2.05, 4.69) is 57.2 Å². The zero-order valence-electron chi connectivity index (χ0n) is 9.37. The lowest BCUT2D eigenvalue weighted by molar-refractivity contribution is 0.890. The first-order chi connectivity index (χ1) is 8.08. The Bertz CT molecular complexity index is 529. The lowest BCUT2D eigenvalue weighted by atomic mass is 10.2. The van der Waals surface area contributed by atoms with Gasteiger partial charge >= 0.3 is 0 Å². The van der Waals surface area contributed by atoms with Crippen LogP contribution in [0.2, 0.25) is 5.15 Å². The van der Waals surface area contributed by atoms with E-state index >= 15 is 0 Å². The van der Waals surface area contributed by atoms with Crippen LogP contribution in [-0.4, -0.2) is 9.97 Å². The molecular formula is C11H11BrClN3S. The third-order valence-electron chi connectivity index (χ3n) is 2.29. The molecule has 0 bridgehead atoms. The quantitative estimate of drug-likeness (QED) is 0.845. The summed E-state index contributed by atoms with van der Waals surface area (Å²) >= 11 is 11.1. The molecule has 0 saturated heterocycles. The van der Waals surface area contributed by atoms with E-state index in [0.29, 0.717) is 15.4 Å². The fourth-order valence-corrected chi connectivity index (χ4v) is 2.74. The van der Waals surface area contributed by atoms with Crippen molar-refractivity contribution in [3.8, 4) is 0 Å². The van der Waals surface area contributed by atoms with E-state index in [9.17, 15) is 0 Å². The summed E-state index contributed by atoms with van der Waals surface area (Å²) in [5.74, 6) is 0.712. The Labute approximate surface area is 117 Å². The van der Waals surface area contributed by atoms with Crippen molar-refractivity contribution >= 4 is 44.7 Å². The summed E-state index contributed by atoms with van der Waals surface area (Å²) in [7, 11) is 0. The SMILES string of the molecule is Cc1ccc(C(C)Nc2ncnc(Cl)c2Br)s1. The molecule has 2 aromatic heterocycles. The molecule has 17 heavy (non-hydrogen) atoms. The largest absolute Gasteiger partial charge is 0.362 e. The van der Waals surface area contributed by atoms with Gasteiger partial charge in [0.2, 0.25) is 0 Å². The van der Waals surface area contributed by atoms with E-state index in [-0.39, 0.29) is 6.04 Å². The topological polar surface area (TPSA) is 37.8 Å². The van der Waals surface area contributed by atoms with Gasteiger partial charge in [-0.05, 0) is 41.9 Å². The highest BCUT2D eigenvalue weighted by atomic mass is 79.9. The van der Waals surface area contributed by atoms with Gasteiger partial charge in [-0.1, -0.05) is 11.6 Å². The van der Waals surface area contributed by atoms with Crippen LogP contribution in [0.1, 0.15) is 22.7 Å². The number of thiophene rings is 1. The predicted octanol–water partition coefficient (Wildman–Crippen LogP) is 4.44. The van der Waals surface area contributed by atoms with E-state index in [0.717, 1.165) is 0 Å². The highest BCUT2D eigenvalue weighted by Gasteiger charge is 2.12. The van der Waals surface area contributed by atoms with Crippen LogP contribution < -0.4 is 5.32 Å². The van der Waals surface area contributed by atoms with Gasteiger partial charge in [-0.25, -0.2) is 9.97 Å². The molecule has 0 aliphatic heterocycles. The van der Waals surface area contributed by atoms with Gasteiger partial charge in [0.15, 0.2) is 0 Å². The maximum Gasteiger partial charge on any atom is 0.148 e. The van der Waals surface area contributed by atoms with Crippen LogP contribution in [0.25, 0.3) is 0 Å². The molecule has 3 nitrogen and oxygen atoms in total. The summed E-state index contributed by atoms with van der Waals surface area (Å²) in [5.41, 5.74) is 0. The molecule has 0 spiro atoms. The van der Waals surface area contributed by atoms with Gasteiger partial charge in [0.05, 0.1) is 10.5 Å². The van der Waals surface area contributed by atoms with Gasteiger partial charge in [0, 0.05) is 9.75 Å². The highest BCUT2D eigenvalue weighted by molar-refractivity contribution is 9.10. The molecule has 1 N–H and O–H groups in total. The molecule has 90 valence electrons. The second kappa shape index (κ2) is 5.33. The van der Waals surface area contributed by atoms with E-state index in [1.807, 2.05) is 0 Å². The summed E-state index contributed by atoms with van der Waals surface area (Å²) in [4.78, 5) is 10.6. The zero-order valence-corrected chi connectivity index (χ0v) is 12.5. The number of halogens is 2. The van der Waals surface area contributed by atoms with E-state index in [4.69, 9.17) is 11.6 Å². The lowest BCUT2D eigenvalue weighted by Crippen LogP contribution is -2.07. The minimum atomic E-state index is 0.191. The number of rotatable bonds is 3. The van der Waals surface area contributed by atoms with Crippen LogP contribution in [0.3, 0.4) is 0 Å². The van der Waals surface area contributed by atoms with Crippen molar-refractivity contribution in [2.24, 2.45) is 0 Å². The molecule has 0 radical (unpaired) electrons. The normalized spacial score (nSPS) is 12.5. The van der Waals surface area contributed by atoms with Crippen LogP contribution in [0, 0.1) is 6.92 Å². The van der Waals surface area contributed by atoms with Crippen molar-refractivity contribution in [1.29, 1.82) is 0 Å². The molecule has 1 unspecified atom stereocenters. The molecule has 6 heteroatoms. The molecule has 0 saturated carbocycles. The first-order valence-electron chi connectivity index (χ1n) is 5.07. The summed E-state index contributed by atoms with van der Waals surface area (Å²) in [6.07, 6.45) is 1.45. The van der Waals surface area contributed by atoms with Gasteiger partial charge in [0.25, 0.3) is 0 Å². The summed E-state index contributed by atoms with van der Waals surface area (Å²) in [6, 6.07) is 4.42. The Morgan fingerprint density at radius 2 is 2.18 bits per heavy atom. The molecule has 0 aliphatic rings. The number of nitrogens with zero attached hydrogens (tertiary/aromatic N) is 2. The second-order valence-electron chi connectivity index (χ2n) is 3.64. The average Bonchev–Trinajstić information content (AvgIpc) is 2.72. The minimum absolute atomic E-state index is 0.191. The number of nitrogens with one attached hydrogen (secondary N) is 1. The summed E-state index contributed by atoms with van der Waals surface area (Å²) in [6.45, 7) is 4.19. The molecule has 2 rings (SSSR count). The minimum Gasteiger partial charge on any atom is -0.362 e. The van der Waals surface area contributed by atoms with Crippen molar-refractivity contribution in [3.63, 3.8) is 0 Å². The van der Waals surface area contributed by atoms with Gasteiger partial charge in [-0.15, -0.1) is 11.3 Å². The van der Waals surface area contributed by atoms with Crippen molar-refractivity contribution in [3.05, 3.63) is 37.8 Å². The maximum atomic E-state index is 5.91. The first kappa shape index (κ1) is 12.8. The Kier molecular flexibility index (Phi) is 4.01. The standard InChI is InChI=1S/C11H11BrClN3S/c1-6-3-4-8(17-6)7(2)16-11-9(12)10(13)14-5-15-11/h3-5,7H,1-2H3,(H,14,15,16). The molecule has 2 heterocycles. The van der Waals surface area contributed by atoms with Crippen LogP contribution >= 0.6 is 38.9 Å². The van der Waals surface area contributed by atoms with Crippen molar-refractivity contribution < 1.29 is 0 Å². The summed E-state index contributed by atoms with van der Waals surface area (Å²) < 4.78 is 0.696. The molecular weight excluding hydrogens is 322 g/mol. The van der Waals surface area contributed by atoms with Gasteiger partial charge in [0.1, 0.15) is 17.3 Å². The van der Waals surface area contributed by atoms with Crippen molar-refractivity contribution in [1.82, 2.24) is 9.97 Å². The zero-order chi connectivity index (χ0) is 12.4. The number of aromatic nitrogens is 2. The Morgan fingerprint density at radius 3 is 2.82 bits per heavy atom. The maximum absolute atomic E-state index is 5.91. The van der Waals surface area contributed by atoms with Crippen LogP contribution in [0.15, 0.2) is 22.9 Å². The van der Waals surface area contributed by atoms with Gasteiger partial charge in [-0.3, -0.25) is 0 Å². The van der Waals surface area contributed by atoms with E-state index < -0.39 is 0 Å². The van der Waals surface area contributed by atoms with Crippen LogP contribution in [-0.2, 0) is 0 Å². The number of aryl methyl sites for hydroxylation is 1. The monoisotopic (exact) mass is 331 g/mol. The molecule has 1 atom stereocenters. The van der Waals surface area contributed by atoms with Crippen LogP contribution in [0.5, 0.6) is 0 Å². The van der Waals surface area contributed by atoms with E-state index in [1.165, 1.54) is 16.1 Å². The third-order valence-corrected chi connectivity index (χ3v) is 4.74.